The topological polar surface area (TPSA) is 38.7 Å². The predicted molar refractivity (Wildman–Crippen MR) is 45.7 cm³/mol. The van der Waals surface area contributed by atoms with Gasteiger partial charge in [0, 0.05) is 4.90 Å². The Morgan fingerprint density at radius 2 is 2.27 bits per heavy atom. The van der Waals surface area contributed by atoms with Crippen molar-refractivity contribution in [3.8, 4) is 5.75 Å². The van der Waals surface area contributed by atoms with Crippen molar-refractivity contribution in [2.75, 3.05) is 7.11 Å². The molecule has 0 fully saturated rings. The summed E-state index contributed by atoms with van der Waals surface area (Å²) < 4.78 is 4.87. The van der Waals surface area contributed by atoms with Crippen molar-refractivity contribution in [2.24, 2.45) is 5.18 Å². The zero-order valence-electron chi connectivity index (χ0n) is 5.94. The van der Waals surface area contributed by atoms with Gasteiger partial charge in [-0.1, -0.05) is 0 Å². The Labute approximate surface area is 69.8 Å². The highest BCUT2D eigenvalue weighted by Crippen LogP contribution is 2.28. The zero-order chi connectivity index (χ0) is 8.27. The van der Waals surface area contributed by atoms with Crippen LogP contribution in [0.5, 0.6) is 5.75 Å². The summed E-state index contributed by atoms with van der Waals surface area (Å²) in [6, 6.07) is 4.89. The summed E-state index contributed by atoms with van der Waals surface area (Å²) in [6.07, 6.45) is 0. The molecule has 0 amide bonds. The van der Waals surface area contributed by atoms with E-state index in [2.05, 4.69) is 17.8 Å². The summed E-state index contributed by atoms with van der Waals surface area (Å²) >= 11 is 4.07. The molecule has 0 spiro atoms. The largest absolute Gasteiger partial charge is 0.494 e. The van der Waals surface area contributed by atoms with E-state index in [-0.39, 0.29) is 0 Å². The standard InChI is InChI=1S/C7H7NO2S/c1-10-7-4-5(11)2-3-6(7)8-9/h2-4,11H,1H3. The molecule has 4 heteroatoms. The maximum atomic E-state index is 10.1. The Balaban J connectivity index is 3.16. The van der Waals surface area contributed by atoms with E-state index >= 15 is 0 Å². The summed E-state index contributed by atoms with van der Waals surface area (Å²) in [4.78, 5) is 10.9. The third kappa shape index (κ3) is 1.71. The van der Waals surface area contributed by atoms with Gasteiger partial charge in [0.05, 0.1) is 7.11 Å². The minimum Gasteiger partial charge on any atom is -0.494 e. The molecule has 0 saturated carbocycles. The second-order valence-electron chi connectivity index (χ2n) is 1.95. The molecule has 0 heterocycles. The first-order valence-electron chi connectivity index (χ1n) is 2.98. The van der Waals surface area contributed by atoms with Crippen molar-refractivity contribution in [3.05, 3.63) is 23.1 Å². The van der Waals surface area contributed by atoms with Crippen LogP contribution in [0.25, 0.3) is 0 Å². The van der Waals surface area contributed by atoms with E-state index in [9.17, 15) is 4.91 Å². The second kappa shape index (κ2) is 3.39. The average Bonchev–Trinajstić information content (AvgIpc) is 2.04. The van der Waals surface area contributed by atoms with Gasteiger partial charge in [-0.2, -0.15) is 0 Å². The molecular weight excluding hydrogens is 162 g/mol. The molecule has 0 aliphatic carbocycles. The van der Waals surface area contributed by atoms with Gasteiger partial charge in [0.2, 0.25) is 0 Å². The zero-order valence-corrected chi connectivity index (χ0v) is 6.84. The fourth-order valence-electron chi connectivity index (χ4n) is 0.742. The molecule has 0 aromatic heterocycles. The Morgan fingerprint density at radius 3 is 2.82 bits per heavy atom. The second-order valence-corrected chi connectivity index (χ2v) is 2.46. The molecule has 0 aliphatic heterocycles. The minimum absolute atomic E-state index is 0.297. The molecular formula is C7H7NO2S. The molecule has 11 heavy (non-hydrogen) atoms. The Bertz CT molecular complexity index is 275. The fraction of sp³-hybridized carbons (Fsp3) is 0.143. The highest BCUT2D eigenvalue weighted by Gasteiger charge is 2.01. The first kappa shape index (κ1) is 8.07. The van der Waals surface area contributed by atoms with Gasteiger partial charge in [-0.05, 0) is 23.4 Å². The van der Waals surface area contributed by atoms with Gasteiger partial charge in [-0.15, -0.1) is 17.5 Å². The molecule has 0 N–H and O–H groups in total. The molecule has 0 radical (unpaired) electrons. The lowest BCUT2D eigenvalue weighted by Crippen LogP contribution is -1.82. The predicted octanol–water partition coefficient (Wildman–Crippen LogP) is 2.38. The van der Waals surface area contributed by atoms with Gasteiger partial charge in [-0.3, -0.25) is 0 Å². The van der Waals surface area contributed by atoms with E-state index in [4.69, 9.17) is 4.74 Å². The van der Waals surface area contributed by atoms with Crippen molar-refractivity contribution in [1.82, 2.24) is 0 Å². The highest BCUT2D eigenvalue weighted by atomic mass is 32.1. The average molecular weight is 169 g/mol. The lowest BCUT2D eigenvalue weighted by atomic mass is 10.3. The summed E-state index contributed by atoms with van der Waals surface area (Å²) in [5.41, 5.74) is 0.297. The number of rotatable bonds is 2. The molecule has 0 unspecified atom stereocenters. The van der Waals surface area contributed by atoms with E-state index in [1.165, 1.54) is 7.11 Å². The van der Waals surface area contributed by atoms with Crippen LogP contribution in [0, 0.1) is 4.91 Å². The Morgan fingerprint density at radius 1 is 1.55 bits per heavy atom. The number of hydrogen-bond donors (Lipinski definition) is 1. The van der Waals surface area contributed by atoms with Crippen LogP contribution in [0.3, 0.4) is 0 Å². The van der Waals surface area contributed by atoms with E-state index in [0.717, 1.165) is 4.90 Å². The van der Waals surface area contributed by atoms with E-state index in [1.54, 1.807) is 18.2 Å². The Kier molecular flexibility index (Phi) is 2.48. The van der Waals surface area contributed by atoms with Crippen molar-refractivity contribution in [1.29, 1.82) is 0 Å². The van der Waals surface area contributed by atoms with Crippen LogP contribution in [-0.2, 0) is 0 Å². The van der Waals surface area contributed by atoms with Crippen LogP contribution in [0.15, 0.2) is 28.3 Å². The van der Waals surface area contributed by atoms with Gasteiger partial charge in [0.25, 0.3) is 0 Å². The normalized spacial score (nSPS) is 9.27. The number of ether oxygens (including phenoxy) is 1. The fourth-order valence-corrected chi connectivity index (χ4v) is 0.934. The molecule has 58 valence electrons. The van der Waals surface area contributed by atoms with Crippen LogP contribution in [0.2, 0.25) is 0 Å². The minimum atomic E-state index is 0.297. The molecule has 1 aromatic carbocycles. The monoisotopic (exact) mass is 169 g/mol. The molecule has 0 bridgehead atoms. The number of nitroso groups, excluding NO2 is 1. The van der Waals surface area contributed by atoms with Crippen molar-refractivity contribution in [3.63, 3.8) is 0 Å². The summed E-state index contributed by atoms with van der Waals surface area (Å²) in [6.45, 7) is 0. The van der Waals surface area contributed by atoms with Crippen molar-refractivity contribution in [2.45, 2.75) is 4.90 Å². The third-order valence-electron chi connectivity index (χ3n) is 1.26. The van der Waals surface area contributed by atoms with E-state index < -0.39 is 0 Å². The molecule has 0 saturated heterocycles. The van der Waals surface area contributed by atoms with Crippen LogP contribution in [0.4, 0.5) is 5.69 Å². The van der Waals surface area contributed by atoms with Crippen LogP contribution in [0.1, 0.15) is 0 Å². The number of nitrogens with zero attached hydrogens (tertiary/aromatic N) is 1. The van der Waals surface area contributed by atoms with Gasteiger partial charge in [-0.25, -0.2) is 0 Å². The molecule has 1 rings (SSSR count). The summed E-state index contributed by atoms with van der Waals surface area (Å²) in [5.74, 6) is 0.451. The maximum Gasteiger partial charge on any atom is 0.149 e. The van der Waals surface area contributed by atoms with E-state index in [0.29, 0.717) is 11.4 Å². The van der Waals surface area contributed by atoms with Gasteiger partial charge in [0.1, 0.15) is 11.4 Å². The third-order valence-corrected chi connectivity index (χ3v) is 1.54. The first-order valence-corrected chi connectivity index (χ1v) is 3.43. The summed E-state index contributed by atoms with van der Waals surface area (Å²) in [5, 5.41) is 2.77. The van der Waals surface area contributed by atoms with Crippen molar-refractivity contribution < 1.29 is 4.74 Å². The van der Waals surface area contributed by atoms with Crippen LogP contribution >= 0.6 is 12.6 Å². The van der Waals surface area contributed by atoms with Crippen LogP contribution in [-0.4, -0.2) is 7.11 Å². The number of methoxy groups -OCH3 is 1. The maximum absolute atomic E-state index is 10.1. The quantitative estimate of drug-likeness (QED) is 0.545. The highest BCUT2D eigenvalue weighted by molar-refractivity contribution is 7.80. The smallest absolute Gasteiger partial charge is 0.149 e. The lowest BCUT2D eigenvalue weighted by molar-refractivity contribution is 0.415. The van der Waals surface area contributed by atoms with Crippen molar-refractivity contribution >= 4 is 18.3 Å². The first-order chi connectivity index (χ1) is 5.27. The number of thiol groups is 1. The van der Waals surface area contributed by atoms with Gasteiger partial charge >= 0.3 is 0 Å². The molecule has 1 aromatic rings. The molecule has 0 atom stereocenters. The van der Waals surface area contributed by atoms with Crippen LogP contribution < -0.4 is 4.74 Å². The van der Waals surface area contributed by atoms with E-state index in [1.807, 2.05) is 0 Å². The number of hydrogen-bond acceptors (Lipinski definition) is 4. The molecule has 0 aliphatic rings. The van der Waals surface area contributed by atoms with Gasteiger partial charge < -0.3 is 4.74 Å². The SMILES string of the molecule is COc1cc(S)ccc1N=O. The lowest BCUT2D eigenvalue weighted by Gasteiger charge is -2.01. The molecule has 3 nitrogen and oxygen atoms in total. The number of benzene rings is 1. The van der Waals surface area contributed by atoms with Gasteiger partial charge in [0.15, 0.2) is 0 Å². The Hall–Kier alpha value is -1.03. The summed E-state index contributed by atoms with van der Waals surface area (Å²) in [7, 11) is 1.48.